The van der Waals surface area contributed by atoms with Gasteiger partial charge in [-0.1, -0.05) is 12.1 Å². The molecule has 0 spiro atoms. The molecule has 4 nitrogen and oxygen atoms in total. The van der Waals surface area contributed by atoms with E-state index in [1.165, 1.54) is 9.78 Å². The highest BCUT2D eigenvalue weighted by Crippen LogP contribution is 2.21. The highest BCUT2D eigenvalue weighted by atomic mass is 79.9. The van der Waals surface area contributed by atoms with Crippen molar-refractivity contribution >= 4 is 33.2 Å². The standard InChI is InChI=1S/C16H19BrN2O2S/c1-19(10-14-7-8-15(17)22-14)11-16(20)18-9-12-3-5-13(21-2)6-4-12/h3-8H,9-11H2,1-2H3,(H,18,20)/p+1. The number of benzene rings is 1. The normalized spacial score (nSPS) is 12.0. The number of hydrogen-bond acceptors (Lipinski definition) is 3. The number of carbonyl (C=O) groups is 1. The van der Waals surface area contributed by atoms with Crippen LogP contribution in [0.2, 0.25) is 0 Å². The van der Waals surface area contributed by atoms with Gasteiger partial charge in [0.15, 0.2) is 6.54 Å². The number of rotatable bonds is 7. The van der Waals surface area contributed by atoms with E-state index in [0.29, 0.717) is 13.1 Å². The largest absolute Gasteiger partial charge is 0.497 e. The van der Waals surface area contributed by atoms with Gasteiger partial charge in [-0.25, -0.2) is 0 Å². The zero-order valence-corrected chi connectivity index (χ0v) is 15.1. The average Bonchev–Trinajstić information content (AvgIpc) is 2.90. The van der Waals surface area contributed by atoms with Crippen molar-refractivity contribution in [2.24, 2.45) is 0 Å². The Bertz CT molecular complexity index is 613. The molecule has 118 valence electrons. The summed E-state index contributed by atoms with van der Waals surface area (Å²) in [5, 5.41) is 2.95. The highest BCUT2D eigenvalue weighted by Gasteiger charge is 2.11. The van der Waals surface area contributed by atoms with Gasteiger partial charge in [0.05, 0.1) is 22.8 Å². The third-order valence-corrected chi connectivity index (χ3v) is 4.84. The summed E-state index contributed by atoms with van der Waals surface area (Å²) in [6, 6.07) is 11.8. The molecule has 0 bridgehead atoms. The Hall–Kier alpha value is -1.37. The number of likely N-dealkylation sites (N-methyl/N-ethyl adjacent to an activating group) is 1. The van der Waals surface area contributed by atoms with Crippen LogP contribution in [0.5, 0.6) is 5.75 Å². The Labute approximate surface area is 143 Å². The number of methoxy groups -OCH3 is 1. The van der Waals surface area contributed by atoms with Crippen LogP contribution in [0.15, 0.2) is 40.2 Å². The van der Waals surface area contributed by atoms with Crippen molar-refractivity contribution < 1.29 is 14.4 Å². The summed E-state index contributed by atoms with van der Waals surface area (Å²) in [5.74, 6) is 0.880. The van der Waals surface area contributed by atoms with Crippen LogP contribution < -0.4 is 15.0 Å². The SMILES string of the molecule is COc1ccc(CNC(=O)C[NH+](C)Cc2ccc(Br)s2)cc1. The molecule has 6 heteroatoms. The first-order valence-electron chi connectivity index (χ1n) is 7.02. The number of nitrogens with one attached hydrogen (secondary N) is 2. The van der Waals surface area contributed by atoms with Gasteiger partial charge in [-0.3, -0.25) is 4.79 Å². The Kier molecular flexibility index (Phi) is 6.42. The molecular formula is C16H20BrN2O2S+. The Morgan fingerprint density at radius 1 is 1.27 bits per heavy atom. The second-order valence-electron chi connectivity index (χ2n) is 5.14. The van der Waals surface area contributed by atoms with Crippen molar-refractivity contribution in [1.29, 1.82) is 0 Å². The summed E-state index contributed by atoms with van der Waals surface area (Å²) in [5.41, 5.74) is 1.06. The van der Waals surface area contributed by atoms with Crippen LogP contribution in [0, 0.1) is 0 Å². The van der Waals surface area contributed by atoms with Gasteiger partial charge in [0.25, 0.3) is 5.91 Å². The maximum Gasteiger partial charge on any atom is 0.275 e. The molecule has 1 amide bonds. The van der Waals surface area contributed by atoms with E-state index in [4.69, 9.17) is 4.74 Å². The molecule has 0 aliphatic rings. The van der Waals surface area contributed by atoms with Gasteiger partial charge < -0.3 is 15.0 Å². The molecule has 1 atom stereocenters. The fourth-order valence-electron chi connectivity index (χ4n) is 2.09. The summed E-state index contributed by atoms with van der Waals surface area (Å²) < 4.78 is 6.24. The van der Waals surface area contributed by atoms with E-state index >= 15 is 0 Å². The Morgan fingerprint density at radius 3 is 2.59 bits per heavy atom. The maximum absolute atomic E-state index is 12.0. The minimum Gasteiger partial charge on any atom is -0.497 e. The molecule has 0 saturated heterocycles. The first-order chi connectivity index (χ1) is 10.6. The monoisotopic (exact) mass is 383 g/mol. The molecular weight excluding hydrogens is 364 g/mol. The van der Waals surface area contributed by atoms with Gasteiger partial charge in [0, 0.05) is 6.54 Å². The molecule has 1 aromatic heterocycles. The lowest BCUT2D eigenvalue weighted by Gasteiger charge is -2.13. The molecule has 1 aromatic carbocycles. The first kappa shape index (κ1) is 17.0. The quantitative estimate of drug-likeness (QED) is 0.765. The predicted octanol–water partition coefficient (Wildman–Crippen LogP) is 1.85. The molecule has 0 radical (unpaired) electrons. The van der Waals surface area contributed by atoms with Crippen LogP contribution >= 0.6 is 27.3 Å². The number of quaternary nitrogens is 1. The Balaban J connectivity index is 1.74. The van der Waals surface area contributed by atoms with Crippen molar-refractivity contribution in [3.63, 3.8) is 0 Å². The van der Waals surface area contributed by atoms with Crippen molar-refractivity contribution in [2.75, 3.05) is 20.7 Å². The zero-order valence-electron chi connectivity index (χ0n) is 12.7. The van der Waals surface area contributed by atoms with E-state index in [9.17, 15) is 4.79 Å². The third kappa shape index (κ3) is 5.44. The number of thiophene rings is 1. The van der Waals surface area contributed by atoms with Gasteiger partial charge in [0.2, 0.25) is 0 Å². The van der Waals surface area contributed by atoms with Gasteiger partial charge in [0.1, 0.15) is 12.3 Å². The van der Waals surface area contributed by atoms with Crippen LogP contribution in [0.3, 0.4) is 0 Å². The number of carbonyl (C=O) groups excluding carboxylic acids is 1. The van der Waals surface area contributed by atoms with E-state index in [-0.39, 0.29) is 5.91 Å². The van der Waals surface area contributed by atoms with Gasteiger partial charge >= 0.3 is 0 Å². The first-order valence-corrected chi connectivity index (χ1v) is 8.63. The maximum atomic E-state index is 12.0. The number of ether oxygens (including phenoxy) is 1. The molecule has 2 rings (SSSR count). The third-order valence-electron chi connectivity index (χ3n) is 3.22. The molecule has 0 aliphatic carbocycles. The molecule has 0 saturated carbocycles. The summed E-state index contributed by atoms with van der Waals surface area (Å²) in [6.07, 6.45) is 0. The van der Waals surface area contributed by atoms with Crippen LogP contribution in [0.25, 0.3) is 0 Å². The van der Waals surface area contributed by atoms with Crippen molar-refractivity contribution in [1.82, 2.24) is 5.32 Å². The minimum atomic E-state index is 0.0592. The van der Waals surface area contributed by atoms with Gasteiger partial charge in [-0.05, 0) is 45.8 Å². The van der Waals surface area contributed by atoms with Crippen molar-refractivity contribution in [2.45, 2.75) is 13.1 Å². The van der Waals surface area contributed by atoms with Crippen LogP contribution in [0.1, 0.15) is 10.4 Å². The summed E-state index contributed by atoms with van der Waals surface area (Å²) >= 11 is 5.16. The molecule has 1 unspecified atom stereocenters. The van der Waals surface area contributed by atoms with E-state index < -0.39 is 0 Å². The Morgan fingerprint density at radius 2 is 2.00 bits per heavy atom. The number of amides is 1. The van der Waals surface area contributed by atoms with Gasteiger partial charge in [-0.2, -0.15) is 0 Å². The smallest absolute Gasteiger partial charge is 0.275 e. The lowest BCUT2D eigenvalue weighted by molar-refractivity contribution is -0.885. The molecule has 2 aromatic rings. The molecule has 22 heavy (non-hydrogen) atoms. The average molecular weight is 384 g/mol. The van der Waals surface area contributed by atoms with E-state index in [0.717, 1.165) is 21.6 Å². The second-order valence-corrected chi connectivity index (χ2v) is 7.69. The highest BCUT2D eigenvalue weighted by molar-refractivity contribution is 9.11. The fraction of sp³-hybridized carbons (Fsp3) is 0.312. The van der Waals surface area contributed by atoms with Crippen molar-refractivity contribution in [3.05, 3.63) is 50.6 Å². The molecule has 0 aliphatic heterocycles. The van der Waals surface area contributed by atoms with Crippen LogP contribution in [0.4, 0.5) is 0 Å². The number of halogens is 1. The van der Waals surface area contributed by atoms with Crippen LogP contribution in [-0.4, -0.2) is 26.6 Å². The predicted molar refractivity (Wildman–Crippen MR) is 92.3 cm³/mol. The minimum absolute atomic E-state index is 0.0592. The van der Waals surface area contributed by atoms with E-state index in [1.807, 2.05) is 37.4 Å². The summed E-state index contributed by atoms with van der Waals surface area (Å²) in [6.45, 7) is 1.86. The molecule has 0 fully saturated rings. The molecule has 1 heterocycles. The summed E-state index contributed by atoms with van der Waals surface area (Å²) in [7, 11) is 3.67. The zero-order chi connectivity index (χ0) is 15.9. The lowest BCUT2D eigenvalue weighted by Crippen LogP contribution is -3.08. The van der Waals surface area contributed by atoms with Gasteiger partial charge in [-0.15, -0.1) is 11.3 Å². The summed E-state index contributed by atoms with van der Waals surface area (Å²) in [4.78, 5) is 14.4. The lowest BCUT2D eigenvalue weighted by atomic mass is 10.2. The fourth-order valence-corrected chi connectivity index (χ4v) is 3.68. The van der Waals surface area contributed by atoms with E-state index in [2.05, 4.69) is 27.3 Å². The second kappa shape index (κ2) is 8.31. The number of hydrogen-bond donors (Lipinski definition) is 2. The molecule has 2 N–H and O–H groups in total. The van der Waals surface area contributed by atoms with Crippen LogP contribution in [-0.2, 0) is 17.9 Å². The topological polar surface area (TPSA) is 42.8 Å². The van der Waals surface area contributed by atoms with Crippen molar-refractivity contribution in [3.8, 4) is 5.75 Å². The van der Waals surface area contributed by atoms with E-state index in [1.54, 1.807) is 18.4 Å².